The molecule has 0 aromatic rings. The molecular formula is C2H7BrMg2. The summed E-state index contributed by atoms with van der Waals surface area (Å²) in [6.07, 6.45) is 8.00. The van der Waals surface area contributed by atoms with Crippen molar-refractivity contribution in [2.45, 2.75) is 0 Å². The van der Waals surface area contributed by atoms with Crippen molar-refractivity contribution in [3.63, 3.8) is 0 Å². The van der Waals surface area contributed by atoms with Crippen molar-refractivity contribution in [3.05, 3.63) is 0 Å². The van der Waals surface area contributed by atoms with Crippen molar-refractivity contribution in [3.8, 4) is 12.8 Å². The number of hydrogen-bond donors (Lipinski definition) is 0. The molecule has 0 radical (unpaired) electrons. The zero-order chi connectivity index (χ0) is 2.00. The van der Waals surface area contributed by atoms with Gasteiger partial charge in [-0.3, -0.25) is 0 Å². The van der Waals surface area contributed by atoms with E-state index in [2.05, 4.69) is 12.8 Å². The maximum Gasteiger partial charge on any atom is 0.316 e. The molecule has 0 aliphatic rings. The van der Waals surface area contributed by atoms with Gasteiger partial charge in [0.15, 0.2) is 0 Å². The molecule has 0 heterocycles. The number of terminal acetylenes is 1. The van der Waals surface area contributed by atoms with Gasteiger partial charge in [0.25, 0.3) is 0 Å². The summed E-state index contributed by atoms with van der Waals surface area (Å²) in [4.78, 5) is 0. The van der Waals surface area contributed by atoms with E-state index in [9.17, 15) is 0 Å². The van der Waals surface area contributed by atoms with Crippen molar-refractivity contribution < 1.29 is 0 Å². The lowest BCUT2D eigenvalue weighted by Gasteiger charge is -0.701. The van der Waals surface area contributed by atoms with Gasteiger partial charge in [-0.1, -0.05) is 0 Å². The molecule has 0 aromatic heterocycles. The summed E-state index contributed by atoms with van der Waals surface area (Å²) in [5.41, 5.74) is 0. The van der Waals surface area contributed by atoms with Crippen LogP contribution >= 0.6 is 17.0 Å². The fourth-order valence-corrected chi connectivity index (χ4v) is 0. The molecule has 0 atom stereocenters. The number of hydrogen-bond acceptors (Lipinski definition) is 0. The maximum absolute atomic E-state index is 4.00. The molecule has 0 aromatic carbocycles. The van der Waals surface area contributed by atoms with Crippen molar-refractivity contribution in [2.75, 3.05) is 0 Å². The molecule has 0 bridgehead atoms. The highest BCUT2D eigenvalue weighted by molar-refractivity contribution is 8.93. The molecule has 0 rings (SSSR count). The molecule has 0 saturated heterocycles. The third-order valence-electron chi connectivity index (χ3n) is 0. The molecule has 0 fully saturated rings. The number of rotatable bonds is 0. The van der Waals surface area contributed by atoms with Crippen LogP contribution in [0.1, 0.15) is 0 Å². The van der Waals surface area contributed by atoms with E-state index in [1.54, 1.807) is 0 Å². The van der Waals surface area contributed by atoms with E-state index >= 15 is 0 Å². The Balaban J connectivity index is -0.00000000167. The lowest BCUT2D eigenvalue weighted by Crippen LogP contribution is -0.576. The maximum atomic E-state index is 4.00. The van der Waals surface area contributed by atoms with E-state index in [0.29, 0.717) is 0 Å². The van der Waals surface area contributed by atoms with Gasteiger partial charge < -0.3 is 0 Å². The van der Waals surface area contributed by atoms with E-state index in [0.717, 1.165) is 0 Å². The number of halogens is 1. The third-order valence-corrected chi connectivity index (χ3v) is 0. The monoisotopic (exact) mass is 158 g/mol. The molecule has 0 saturated carbocycles. The minimum Gasteiger partial charge on any atom is -0.124 e. The van der Waals surface area contributed by atoms with Gasteiger partial charge in [-0.05, 0) is 0 Å². The van der Waals surface area contributed by atoms with Gasteiger partial charge in [-0.2, -0.15) is 0 Å². The molecular weight excluding hydrogens is 153 g/mol. The molecule has 0 aliphatic carbocycles. The lowest BCUT2D eigenvalue weighted by atomic mass is 11.4. The van der Waals surface area contributed by atoms with Crippen molar-refractivity contribution in [1.29, 1.82) is 0 Å². The van der Waals surface area contributed by atoms with Crippen LogP contribution < -0.4 is 0 Å². The fraction of sp³-hybridized carbons (Fsp3) is 0. The van der Waals surface area contributed by atoms with E-state index < -0.39 is 0 Å². The lowest BCUT2D eigenvalue weighted by molar-refractivity contribution is 3.31. The molecule has 0 unspecified atom stereocenters. The fourth-order valence-electron chi connectivity index (χ4n) is 0. The summed E-state index contributed by atoms with van der Waals surface area (Å²) < 4.78 is 0. The molecule has 5 heavy (non-hydrogen) atoms. The molecule has 3 heteroatoms. The van der Waals surface area contributed by atoms with Crippen LogP contribution in [0.25, 0.3) is 0 Å². The van der Waals surface area contributed by atoms with Gasteiger partial charge in [-0.15, -0.1) is 29.8 Å². The Hall–Kier alpha value is 1.57. The summed E-state index contributed by atoms with van der Waals surface area (Å²) >= 11 is 0. The normalized spacial score (nSPS) is 0.400. The van der Waals surface area contributed by atoms with E-state index in [1.165, 1.54) is 0 Å². The zero-order valence-corrected chi connectivity index (χ0v) is 3.28. The largest absolute Gasteiger partial charge is 0.316 e. The summed E-state index contributed by atoms with van der Waals surface area (Å²) in [6.45, 7) is 0. The summed E-state index contributed by atoms with van der Waals surface area (Å²) in [5, 5.41) is 0. The van der Waals surface area contributed by atoms with Gasteiger partial charge >= 0.3 is 46.1 Å². The van der Waals surface area contributed by atoms with Crippen molar-refractivity contribution in [1.82, 2.24) is 0 Å². The molecule has 0 spiro atoms. The van der Waals surface area contributed by atoms with E-state index in [4.69, 9.17) is 0 Å². The van der Waals surface area contributed by atoms with Crippen LogP contribution in [0.15, 0.2) is 0 Å². The molecule has 0 N–H and O–H groups in total. The Morgan fingerprint density at radius 3 is 0.800 bits per heavy atom. The Morgan fingerprint density at radius 2 is 0.800 bits per heavy atom. The van der Waals surface area contributed by atoms with Gasteiger partial charge in [0.1, 0.15) is 0 Å². The van der Waals surface area contributed by atoms with Crippen LogP contribution in [-0.4, -0.2) is 46.1 Å². The Bertz CT molecular complexity index is 12.4. The molecule has 26 valence electrons. The van der Waals surface area contributed by atoms with Crippen molar-refractivity contribution >= 4 is 63.1 Å². The Kier molecular flexibility index (Phi) is 291. The van der Waals surface area contributed by atoms with Crippen LogP contribution in [0.3, 0.4) is 0 Å². The Morgan fingerprint density at radius 1 is 0.800 bits per heavy atom. The van der Waals surface area contributed by atoms with Crippen LogP contribution in [0.4, 0.5) is 0 Å². The summed E-state index contributed by atoms with van der Waals surface area (Å²) in [7, 11) is 0. The molecule has 0 nitrogen and oxygen atoms in total. The van der Waals surface area contributed by atoms with Crippen LogP contribution in [0.2, 0.25) is 0 Å². The average molecular weight is 160 g/mol. The second-order valence-electron chi connectivity index (χ2n) is 0. The standard InChI is InChI=1S/C2H2.BrH.2Mg.4H/c1-2;;;;;;;/h1-2H;1H;;;;;;. The first kappa shape index (κ1) is 30.8. The van der Waals surface area contributed by atoms with Crippen LogP contribution in [-0.2, 0) is 0 Å². The predicted octanol–water partition coefficient (Wildman–Crippen LogP) is -1.01. The summed E-state index contributed by atoms with van der Waals surface area (Å²) in [5.74, 6) is 0. The van der Waals surface area contributed by atoms with Gasteiger partial charge in [0.05, 0.1) is 0 Å². The minimum absolute atomic E-state index is 0. The highest BCUT2D eigenvalue weighted by Gasteiger charge is 0.454. The van der Waals surface area contributed by atoms with Gasteiger partial charge in [0.2, 0.25) is 0 Å². The van der Waals surface area contributed by atoms with E-state index in [1.807, 2.05) is 0 Å². The predicted molar refractivity (Wildman–Crippen MR) is 37.3 cm³/mol. The van der Waals surface area contributed by atoms with E-state index in [-0.39, 0.29) is 63.1 Å². The first-order valence-electron chi connectivity index (χ1n) is 0.333. The van der Waals surface area contributed by atoms with Crippen molar-refractivity contribution in [2.24, 2.45) is 0 Å². The highest BCUT2D eigenvalue weighted by Crippen LogP contribution is 0.846. The smallest absolute Gasteiger partial charge is 0.124 e. The van der Waals surface area contributed by atoms with Crippen LogP contribution in [0, 0.1) is 12.8 Å². The highest BCUT2D eigenvalue weighted by atomic mass is 79.9. The molecule has 0 amide bonds. The SMILES string of the molecule is Br.C#C.[MgH2].[MgH2]. The third kappa shape index (κ3) is 28.8. The topological polar surface area (TPSA) is 0 Å². The quantitative estimate of drug-likeness (QED) is 0.314. The average Bonchev–Trinajstić information content (AvgIpc) is 1.00. The van der Waals surface area contributed by atoms with Crippen LogP contribution in [0.5, 0.6) is 0 Å². The molecule has 0 aliphatic heterocycles. The van der Waals surface area contributed by atoms with Gasteiger partial charge in [-0.25, -0.2) is 0 Å². The second-order valence-corrected chi connectivity index (χ2v) is 0. The first-order valence-corrected chi connectivity index (χ1v) is 0.333. The van der Waals surface area contributed by atoms with Gasteiger partial charge in [0, 0.05) is 0 Å². The zero-order valence-electron chi connectivity index (χ0n) is 1.56. The summed E-state index contributed by atoms with van der Waals surface area (Å²) in [6, 6.07) is 0. The minimum atomic E-state index is 0. The first-order chi connectivity index (χ1) is 1.00. The second kappa shape index (κ2) is 47.1. The Labute approximate surface area is 75.2 Å².